The molecule has 1 aromatic rings. The second-order valence-corrected chi connectivity index (χ2v) is 6.05. The quantitative estimate of drug-likeness (QED) is 0.777. The van der Waals surface area contributed by atoms with Crippen LogP contribution in [0.5, 0.6) is 11.5 Å². The summed E-state index contributed by atoms with van der Waals surface area (Å²) in [5.74, 6) is 0.736. The SMILES string of the molecule is C[C@@H](NC(=O)CCSc1ccc2c(c1)OCCCO2)C(=O)O. The van der Waals surface area contributed by atoms with Gasteiger partial charge in [0, 0.05) is 23.5 Å². The van der Waals surface area contributed by atoms with E-state index in [4.69, 9.17) is 14.6 Å². The number of hydrogen-bond acceptors (Lipinski definition) is 5. The smallest absolute Gasteiger partial charge is 0.325 e. The molecule has 22 heavy (non-hydrogen) atoms. The molecule has 0 saturated heterocycles. The van der Waals surface area contributed by atoms with Crippen LogP contribution >= 0.6 is 11.8 Å². The molecule has 2 rings (SSSR count). The first-order valence-electron chi connectivity index (χ1n) is 7.11. The summed E-state index contributed by atoms with van der Waals surface area (Å²) < 4.78 is 11.2. The molecule has 0 radical (unpaired) electrons. The first-order chi connectivity index (χ1) is 10.6. The van der Waals surface area contributed by atoms with Crippen LogP contribution in [-0.4, -0.2) is 42.0 Å². The number of thioether (sulfide) groups is 1. The van der Waals surface area contributed by atoms with Gasteiger partial charge < -0.3 is 19.9 Å². The van der Waals surface area contributed by atoms with E-state index < -0.39 is 12.0 Å². The van der Waals surface area contributed by atoms with Crippen LogP contribution in [-0.2, 0) is 9.59 Å². The van der Waals surface area contributed by atoms with E-state index in [0.29, 0.717) is 19.0 Å². The number of ether oxygens (including phenoxy) is 2. The van der Waals surface area contributed by atoms with Gasteiger partial charge in [0.2, 0.25) is 5.91 Å². The standard InChI is InChI=1S/C15H19NO5S/c1-10(15(18)19)16-14(17)5-8-22-11-3-4-12-13(9-11)21-7-2-6-20-12/h3-4,9-10H,2,5-8H2,1H3,(H,16,17)(H,18,19)/t10-/m1/s1. The second-order valence-electron chi connectivity index (χ2n) is 4.88. The van der Waals surface area contributed by atoms with E-state index in [2.05, 4.69) is 5.32 Å². The molecular weight excluding hydrogens is 306 g/mol. The first kappa shape index (κ1) is 16.5. The van der Waals surface area contributed by atoms with Crippen molar-refractivity contribution >= 4 is 23.6 Å². The number of nitrogens with one attached hydrogen (secondary N) is 1. The molecule has 0 bridgehead atoms. The van der Waals surface area contributed by atoms with Crippen molar-refractivity contribution in [3.63, 3.8) is 0 Å². The summed E-state index contributed by atoms with van der Waals surface area (Å²) in [6.45, 7) is 2.73. The van der Waals surface area contributed by atoms with Gasteiger partial charge in [-0.05, 0) is 25.1 Å². The maximum absolute atomic E-state index is 11.6. The van der Waals surface area contributed by atoms with Crippen LogP contribution in [0.2, 0.25) is 0 Å². The number of benzene rings is 1. The third-order valence-electron chi connectivity index (χ3n) is 3.06. The van der Waals surface area contributed by atoms with E-state index in [9.17, 15) is 9.59 Å². The van der Waals surface area contributed by atoms with Gasteiger partial charge in [0.15, 0.2) is 11.5 Å². The summed E-state index contributed by atoms with van der Waals surface area (Å²) in [4.78, 5) is 23.2. The van der Waals surface area contributed by atoms with Crippen molar-refractivity contribution in [2.45, 2.75) is 30.7 Å². The van der Waals surface area contributed by atoms with E-state index in [1.165, 1.54) is 18.7 Å². The van der Waals surface area contributed by atoms with Gasteiger partial charge in [-0.1, -0.05) is 0 Å². The Bertz CT molecular complexity index is 549. The van der Waals surface area contributed by atoms with Crippen LogP contribution < -0.4 is 14.8 Å². The number of rotatable bonds is 6. The fraction of sp³-hybridized carbons (Fsp3) is 0.467. The van der Waals surface area contributed by atoms with Gasteiger partial charge in [0.05, 0.1) is 13.2 Å². The highest BCUT2D eigenvalue weighted by molar-refractivity contribution is 7.99. The molecule has 0 aliphatic carbocycles. The predicted molar refractivity (Wildman–Crippen MR) is 82.6 cm³/mol. The van der Waals surface area contributed by atoms with Gasteiger partial charge in [0.1, 0.15) is 6.04 Å². The van der Waals surface area contributed by atoms with Crippen LogP contribution in [0.3, 0.4) is 0 Å². The largest absolute Gasteiger partial charge is 0.490 e. The lowest BCUT2D eigenvalue weighted by Crippen LogP contribution is -2.38. The number of hydrogen-bond donors (Lipinski definition) is 2. The summed E-state index contributed by atoms with van der Waals surface area (Å²) in [6.07, 6.45) is 1.12. The van der Waals surface area contributed by atoms with Gasteiger partial charge in [0.25, 0.3) is 0 Å². The first-order valence-corrected chi connectivity index (χ1v) is 8.09. The highest BCUT2D eigenvalue weighted by atomic mass is 32.2. The number of amides is 1. The Labute approximate surface area is 133 Å². The van der Waals surface area contributed by atoms with Crippen LogP contribution in [0.4, 0.5) is 0 Å². The Morgan fingerprint density at radius 2 is 2.05 bits per heavy atom. The highest BCUT2D eigenvalue weighted by Crippen LogP contribution is 2.33. The Kier molecular flexibility index (Phi) is 5.94. The maximum Gasteiger partial charge on any atom is 0.325 e. The van der Waals surface area contributed by atoms with E-state index >= 15 is 0 Å². The molecule has 1 aliphatic rings. The highest BCUT2D eigenvalue weighted by Gasteiger charge is 2.14. The van der Waals surface area contributed by atoms with Gasteiger partial charge >= 0.3 is 5.97 Å². The molecule has 0 unspecified atom stereocenters. The molecule has 0 spiro atoms. The molecule has 6 nitrogen and oxygen atoms in total. The number of fused-ring (bicyclic) bond motifs is 1. The molecule has 2 N–H and O–H groups in total. The monoisotopic (exact) mass is 325 g/mol. The fourth-order valence-corrected chi connectivity index (χ4v) is 2.75. The number of carbonyl (C=O) groups excluding carboxylic acids is 1. The third-order valence-corrected chi connectivity index (χ3v) is 4.06. The summed E-state index contributed by atoms with van der Waals surface area (Å²) in [5, 5.41) is 11.2. The average molecular weight is 325 g/mol. The van der Waals surface area contributed by atoms with E-state index in [0.717, 1.165) is 22.8 Å². The molecule has 0 aromatic heterocycles. The van der Waals surface area contributed by atoms with Crippen LogP contribution in [0.25, 0.3) is 0 Å². The maximum atomic E-state index is 11.6. The molecule has 0 saturated carbocycles. The van der Waals surface area contributed by atoms with Crippen molar-refractivity contribution in [2.24, 2.45) is 0 Å². The van der Waals surface area contributed by atoms with Crippen molar-refractivity contribution in [2.75, 3.05) is 19.0 Å². The minimum Gasteiger partial charge on any atom is -0.490 e. The van der Waals surface area contributed by atoms with Crippen LogP contribution in [0.1, 0.15) is 19.8 Å². The van der Waals surface area contributed by atoms with E-state index in [1.807, 2.05) is 18.2 Å². The fourth-order valence-electron chi connectivity index (χ4n) is 1.87. The predicted octanol–water partition coefficient (Wildman–Crippen LogP) is 1.92. The number of carboxylic acid groups (broad SMARTS) is 1. The van der Waals surface area contributed by atoms with Crippen LogP contribution in [0, 0.1) is 0 Å². The van der Waals surface area contributed by atoms with Gasteiger partial charge in [-0.15, -0.1) is 11.8 Å². The zero-order valence-corrected chi connectivity index (χ0v) is 13.1. The van der Waals surface area contributed by atoms with Crippen molar-refractivity contribution < 1.29 is 24.2 Å². The topological polar surface area (TPSA) is 84.9 Å². The molecular formula is C15H19NO5S. The van der Waals surface area contributed by atoms with Gasteiger partial charge in [-0.2, -0.15) is 0 Å². The molecule has 1 heterocycles. The molecule has 1 aromatic carbocycles. The van der Waals surface area contributed by atoms with Crippen molar-refractivity contribution in [1.29, 1.82) is 0 Å². The Balaban J connectivity index is 1.81. The van der Waals surface area contributed by atoms with Crippen molar-refractivity contribution in [3.8, 4) is 11.5 Å². The number of aliphatic carboxylic acids is 1. The summed E-state index contributed by atoms with van der Waals surface area (Å²) in [5.41, 5.74) is 0. The summed E-state index contributed by atoms with van der Waals surface area (Å²) in [7, 11) is 0. The lowest BCUT2D eigenvalue weighted by atomic mass is 10.3. The van der Waals surface area contributed by atoms with Crippen molar-refractivity contribution in [1.82, 2.24) is 5.32 Å². The molecule has 120 valence electrons. The zero-order chi connectivity index (χ0) is 15.9. The second kappa shape index (κ2) is 7.93. The average Bonchev–Trinajstić information content (AvgIpc) is 2.71. The molecule has 0 fully saturated rings. The van der Waals surface area contributed by atoms with E-state index in [-0.39, 0.29) is 12.3 Å². The summed E-state index contributed by atoms with van der Waals surface area (Å²) >= 11 is 1.52. The van der Waals surface area contributed by atoms with Crippen molar-refractivity contribution in [3.05, 3.63) is 18.2 Å². The van der Waals surface area contributed by atoms with E-state index in [1.54, 1.807) is 0 Å². The van der Waals surface area contributed by atoms with Crippen LogP contribution in [0.15, 0.2) is 23.1 Å². The molecule has 1 amide bonds. The van der Waals surface area contributed by atoms with Gasteiger partial charge in [-0.3, -0.25) is 9.59 Å². The molecule has 1 aliphatic heterocycles. The Morgan fingerprint density at radius 1 is 1.32 bits per heavy atom. The minimum atomic E-state index is -1.04. The zero-order valence-electron chi connectivity index (χ0n) is 12.3. The Morgan fingerprint density at radius 3 is 2.77 bits per heavy atom. The number of carboxylic acids is 1. The molecule has 7 heteroatoms. The van der Waals surface area contributed by atoms with Gasteiger partial charge in [-0.25, -0.2) is 0 Å². The normalized spacial score (nSPS) is 14.8. The summed E-state index contributed by atoms with van der Waals surface area (Å²) in [6, 6.07) is 4.84. The molecule has 1 atom stereocenters. The number of carbonyl (C=O) groups is 2. The third kappa shape index (κ3) is 4.84. The lowest BCUT2D eigenvalue weighted by molar-refractivity contribution is -0.141. The lowest BCUT2D eigenvalue weighted by Gasteiger charge is -2.10. The minimum absolute atomic E-state index is 0.261. The Hall–Kier alpha value is -1.89.